The first kappa shape index (κ1) is 59.7. The van der Waals surface area contributed by atoms with E-state index in [0.29, 0.717) is 39.2 Å². The zero-order valence-electron chi connectivity index (χ0n) is 40.2. The molecule has 11 heteroatoms. The third kappa shape index (κ3) is 43.7. The molecule has 4 N–H and O–H groups in total. The number of ether oxygens (including phenoxy) is 2. The van der Waals surface area contributed by atoms with Gasteiger partial charge in [0.1, 0.15) is 6.04 Å². The van der Waals surface area contributed by atoms with E-state index in [1.807, 2.05) is 4.90 Å². The first-order valence-electron chi connectivity index (χ1n) is 25.3. The average Bonchev–Trinajstić information content (AvgIpc) is 3.27. The maximum Gasteiger partial charge on any atom is 0.328 e. The number of nitrogens with zero attached hydrogens (tertiary/aromatic N) is 1. The summed E-state index contributed by atoms with van der Waals surface area (Å²) in [5.74, 6) is -1.74. The first-order valence-corrected chi connectivity index (χ1v) is 25.3. The van der Waals surface area contributed by atoms with E-state index >= 15 is 0 Å². The van der Waals surface area contributed by atoms with Crippen molar-refractivity contribution in [3.05, 3.63) is 48.6 Å². The van der Waals surface area contributed by atoms with Gasteiger partial charge in [-0.1, -0.05) is 140 Å². The smallest absolute Gasteiger partial charge is 0.328 e. The van der Waals surface area contributed by atoms with Crippen LogP contribution in [-0.2, 0) is 28.7 Å². The lowest BCUT2D eigenvalue weighted by atomic mass is 10.1. The van der Waals surface area contributed by atoms with E-state index in [4.69, 9.17) is 19.7 Å². The van der Waals surface area contributed by atoms with E-state index in [1.165, 1.54) is 77.0 Å². The van der Waals surface area contributed by atoms with Crippen molar-refractivity contribution in [1.29, 1.82) is 0 Å². The van der Waals surface area contributed by atoms with Crippen LogP contribution in [-0.4, -0.2) is 97.5 Å². The van der Waals surface area contributed by atoms with Crippen LogP contribution in [0.1, 0.15) is 200 Å². The highest BCUT2D eigenvalue weighted by Crippen LogP contribution is 2.12. The molecule has 0 aliphatic heterocycles. The molecule has 0 rings (SSSR count). The topological polar surface area (TPSA) is 154 Å². The Morgan fingerprint density at radius 2 is 0.952 bits per heavy atom. The number of carbonyl (C=O) groups excluding carboxylic acids is 4. The summed E-state index contributed by atoms with van der Waals surface area (Å²) >= 11 is 0. The summed E-state index contributed by atoms with van der Waals surface area (Å²) in [6.45, 7) is 6.92. The van der Waals surface area contributed by atoms with Crippen molar-refractivity contribution < 1.29 is 38.9 Å². The molecule has 0 aliphatic rings. The standard InChI is InChI=1S/C52H93N3O8/c1-3-5-7-9-11-13-15-17-19-21-23-25-27-29-31-33-46-62-51(60)39-36-48(54-50(59)38-37-49(58)53-40-35-41-55(42-44-56)43-45-57)52(61)63-47-34-32-30-28-26-24-22-20-18-16-14-12-10-8-6-4-2/h11-14,17-20,48,56-57H,3-10,15-16,21-47H2,1-2H3,(H,53,58)(H,54,59)/b13-11-,14-12-,19-17-,20-18-. The summed E-state index contributed by atoms with van der Waals surface area (Å²) < 4.78 is 11.0. The maximum atomic E-state index is 13.1. The number of unbranched alkanes of at least 4 members (excludes halogenated alkanes) is 18. The van der Waals surface area contributed by atoms with Crippen LogP contribution >= 0.6 is 0 Å². The Morgan fingerprint density at radius 3 is 1.44 bits per heavy atom. The zero-order valence-corrected chi connectivity index (χ0v) is 40.2. The van der Waals surface area contributed by atoms with Crippen LogP contribution in [0.15, 0.2) is 48.6 Å². The van der Waals surface area contributed by atoms with Crippen LogP contribution in [0, 0.1) is 0 Å². The summed E-state index contributed by atoms with van der Waals surface area (Å²) in [5, 5.41) is 23.8. The van der Waals surface area contributed by atoms with E-state index < -0.39 is 23.9 Å². The summed E-state index contributed by atoms with van der Waals surface area (Å²) in [6.07, 6.45) is 45.6. The number of nitrogens with one attached hydrogen (secondary N) is 2. The van der Waals surface area contributed by atoms with Gasteiger partial charge in [-0.05, 0) is 96.4 Å². The van der Waals surface area contributed by atoms with Crippen molar-refractivity contribution in [2.24, 2.45) is 0 Å². The fourth-order valence-corrected chi connectivity index (χ4v) is 6.95. The third-order valence-corrected chi connectivity index (χ3v) is 10.8. The molecule has 1 unspecified atom stereocenters. The van der Waals surface area contributed by atoms with Crippen LogP contribution in [0.3, 0.4) is 0 Å². The Hall–Kier alpha value is -3.28. The van der Waals surface area contributed by atoms with Gasteiger partial charge in [-0.3, -0.25) is 19.3 Å². The lowest BCUT2D eigenvalue weighted by molar-refractivity contribution is -0.149. The van der Waals surface area contributed by atoms with Crippen molar-refractivity contribution in [1.82, 2.24) is 15.5 Å². The molecule has 0 radical (unpaired) electrons. The Balaban J connectivity index is 4.55. The summed E-state index contributed by atoms with van der Waals surface area (Å²) in [7, 11) is 0. The van der Waals surface area contributed by atoms with Gasteiger partial charge >= 0.3 is 11.9 Å². The van der Waals surface area contributed by atoms with Crippen molar-refractivity contribution in [3.63, 3.8) is 0 Å². The Morgan fingerprint density at radius 1 is 0.508 bits per heavy atom. The van der Waals surface area contributed by atoms with Crippen LogP contribution in [0.2, 0.25) is 0 Å². The van der Waals surface area contributed by atoms with Crippen LogP contribution in [0.25, 0.3) is 0 Å². The summed E-state index contributed by atoms with van der Waals surface area (Å²) in [6, 6.07) is -1.01. The van der Waals surface area contributed by atoms with E-state index in [-0.39, 0.29) is 51.4 Å². The molecule has 0 bridgehead atoms. The van der Waals surface area contributed by atoms with Crippen molar-refractivity contribution in [2.75, 3.05) is 52.6 Å². The van der Waals surface area contributed by atoms with Crippen LogP contribution in [0.5, 0.6) is 0 Å². The number of aliphatic hydroxyl groups excluding tert-OH is 2. The second-order valence-corrected chi connectivity index (χ2v) is 16.7. The monoisotopic (exact) mass is 888 g/mol. The molecule has 0 saturated heterocycles. The third-order valence-electron chi connectivity index (χ3n) is 10.8. The van der Waals surface area contributed by atoms with Crippen LogP contribution in [0.4, 0.5) is 0 Å². The highest BCUT2D eigenvalue weighted by Gasteiger charge is 2.24. The normalized spacial score (nSPS) is 12.3. The fourth-order valence-electron chi connectivity index (χ4n) is 6.95. The van der Waals surface area contributed by atoms with E-state index in [0.717, 1.165) is 77.0 Å². The highest BCUT2D eigenvalue weighted by molar-refractivity contribution is 5.87. The molecule has 1 atom stereocenters. The average molecular weight is 888 g/mol. The SMILES string of the molecule is CCCCC/C=C\C/C=C\CCCCCCCCOC(=O)CCC(NC(=O)CCC(=O)NCCCN(CCO)CCO)C(=O)OCCCCCCCC/C=C\C/C=C\CCCCC. The number of allylic oxidation sites excluding steroid dienone is 8. The Bertz CT molecular complexity index is 1200. The van der Waals surface area contributed by atoms with Gasteiger partial charge in [0.2, 0.25) is 11.8 Å². The van der Waals surface area contributed by atoms with Gasteiger partial charge in [0.25, 0.3) is 0 Å². The zero-order chi connectivity index (χ0) is 46.1. The second-order valence-electron chi connectivity index (χ2n) is 16.7. The molecule has 0 aromatic rings. The van der Waals surface area contributed by atoms with Crippen LogP contribution < -0.4 is 10.6 Å². The molecular weight excluding hydrogens is 795 g/mol. The molecule has 0 heterocycles. The predicted molar refractivity (Wildman–Crippen MR) is 259 cm³/mol. The second kappa shape index (κ2) is 48.2. The number of esters is 2. The van der Waals surface area contributed by atoms with Gasteiger partial charge in [-0.15, -0.1) is 0 Å². The molecule has 0 aromatic heterocycles. The molecule has 0 aliphatic carbocycles. The highest BCUT2D eigenvalue weighted by atomic mass is 16.5. The van der Waals surface area contributed by atoms with E-state index in [9.17, 15) is 19.2 Å². The molecule has 0 saturated carbocycles. The van der Waals surface area contributed by atoms with Gasteiger partial charge in [0, 0.05) is 38.9 Å². The van der Waals surface area contributed by atoms with Crippen molar-refractivity contribution in [3.8, 4) is 0 Å². The van der Waals surface area contributed by atoms with Gasteiger partial charge < -0.3 is 30.3 Å². The number of carbonyl (C=O) groups is 4. The number of amides is 2. The number of hydrogen-bond donors (Lipinski definition) is 4. The summed E-state index contributed by atoms with van der Waals surface area (Å²) in [5.41, 5.74) is 0. The van der Waals surface area contributed by atoms with Gasteiger partial charge in [0.05, 0.1) is 26.4 Å². The molecule has 0 fully saturated rings. The van der Waals surface area contributed by atoms with Gasteiger partial charge in [-0.25, -0.2) is 4.79 Å². The van der Waals surface area contributed by atoms with E-state index in [1.54, 1.807) is 0 Å². The Kier molecular flexibility index (Phi) is 45.7. The van der Waals surface area contributed by atoms with Crippen molar-refractivity contribution in [2.45, 2.75) is 206 Å². The number of hydrogen-bond acceptors (Lipinski definition) is 9. The largest absolute Gasteiger partial charge is 0.466 e. The molecule has 364 valence electrons. The fraction of sp³-hybridized carbons (Fsp3) is 0.769. The van der Waals surface area contributed by atoms with Gasteiger partial charge in [-0.2, -0.15) is 0 Å². The molecule has 2 amide bonds. The maximum absolute atomic E-state index is 13.1. The first-order chi connectivity index (χ1) is 30.9. The van der Waals surface area contributed by atoms with Gasteiger partial charge in [0.15, 0.2) is 0 Å². The minimum Gasteiger partial charge on any atom is -0.466 e. The summed E-state index contributed by atoms with van der Waals surface area (Å²) in [4.78, 5) is 52.9. The quantitative estimate of drug-likeness (QED) is 0.0266. The Labute approximate surface area is 384 Å². The lowest BCUT2D eigenvalue weighted by Gasteiger charge is -2.20. The number of aliphatic hydroxyl groups is 2. The molecule has 63 heavy (non-hydrogen) atoms. The molecule has 0 spiro atoms. The minimum atomic E-state index is -1.01. The molecular formula is C52H93N3O8. The lowest BCUT2D eigenvalue weighted by Crippen LogP contribution is -2.42. The molecule has 11 nitrogen and oxygen atoms in total. The minimum absolute atomic E-state index is 0.00922. The predicted octanol–water partition coefficient (Wildman–Crippen LogP) is 10.5. The van der Waals surface area contributed by atoms with Crippen molar-refractivity contribution >= 4 is 23.8 Å². The molecule has 0 aromatic carbocycles. The van der Waals surface area contributed by atoms with E-state index in [2.05, 4.69) is 73.1 Å². The number of rotatable bonds is 46.